The summed E-state index contributed by atoms with van der Waals surface area (Å²) in [7, 11) is 0. The van der Waals surface area contributed by atoms with Crippen LogP contribution in [0, 0.1) is 10.1 Å². The van der Waals surface area contributed by atoms with Gasteiger partial charge in [0.1, 0.15) is 11.3 Å². The Kier molecular flexibility index (Phi) is 5.22. The standard InChI is InChI=1S/C18H11F3N2O6/c19-18(20,21)11-5-6-12(13(8-11)23(26)27)22-16(24)9-28-17(25)15-7-10-3-1-2-4-14(10)29-15/h1-8H,9H2,(H,22,24). The molecule has 0 unspecified atom stereocenters. The molecule has 1 heterocycles. The highest BCUT2D eigenvalue weighted by Crippen LogP contribution is 2.34. The molecule has 3 aromatic rings. The van der Waals surface area contributed by atoms with Crippen molar-refractivity contribution in [2.45, 2.75) is 6.18 Å². The average molecular weight is 408 g/mol. The minimum Gasteiger partial charge on any atom is -0.450 e. The molecule has 0 aliphatic heterocycles. The van der Waals surface area contributed by atoms with Gasteiger partial charge < -0.3 is 14.5 Å². The largest absolute Gasteiger partial charge is 0.450 e. The van der Waals surface area contributed by atoms with Gasteiger partial charge in [-0.2, -0.15) is 13.2 Å². The smallest absolute Gasteiger partial charge is 0.416 e. The summed E-state index contributed by atoms with van der Waals surface area (Å²) >= 11 is 0. The molecule has 1 amide bonds. The van der Waals surface area contributed by atoms with E-state index in [0.717, 1.165) is 6.07 Å². The number of carbonyl (C=O) groups excluding carboxylic acids is 2. The quantitative estimate of drug-likeness (QED) is 0.386. The van der Waals surface area contributed by atoms with Crippen molar-refractivity contribution in [1.29, 1.82) is 0 Å². The van der Waals surface area contributed by atoms with Crippen molar-refractivity contribution in [2.75, 3.05) is 11.9 Å². The van der Waals surface area contributed by atoms with E-state index in [1.165, 1.54) is 6.07 Å². The number of benzene rings is 2. The fourth-order valence-corrected chi connectivity index (χ4v) is 2.44. The molecule has 11 heteroatoms. The number of hydrogen-bond donors (Lipinski definition) is 1. The van der Waals surface area contributed by atoms with Crippen molar-refractivity contribution in [3.8, 4) is 0 Å². The Bertz CT molecular complexity index is 1070. The van der Waals surface area contributed by atoms with Gasteiger partial charge >= 0.3 is 12.1 Å². The molecule has 0 spiro atoms. The number of rotatable bonds is 5. The zero-order chi connectivity index (χ0) is 21.2. The number of furan rings is 1. The lowest BCUT2D eigenvalue weighted by Crippen LogP contribution is -2.21. The van der Waals surface area contributed by atoms with E-state index in [2.05, 4.69) is 0 Å². The van der Waals surface area contributed by atoms with Gasteiger partial charge in [0.15, 0.2) is 6.61 Å². The summed E-state index contributed by atoms with van der Waals surface area (Å²) in [6.45, 7) is -0.825. The Morgan fingerprint density at radius 3 is 2.52 bits per heavy atom. The van der Waals surface area contributed by atoms with Gasteiger partial charge in [0, 0.05) is 11.5 Å². The number of nitro groups is 1. The molecule has 0 radical (unpaired) electrons. The Hall–Kier alpha value is -3.89. The molecule has 0 bridgehead atoms. The van der Waals surface area contributed by atoms with Crippen LogP contribution in [0.2, 0.25) is 0 Å². The Morgan fingerprint density at radius 2 is 1.86 bits per heavy atom. The van der Waals surface area contributed by atoms with Crippen LogP contribution in [-0.4, -0.2) is 23.4 Å². The van der Waals surface area contributed by atoms with Gasteiger partial charge in [-0.1, -0.05) is 18.2 Å². The van der Waals surface area contributed by atoms with Crippen LogP contribution in [0.1, 0.15) is 16.1 Å². The molecule has 0 saturated heterocycles. The first-order valence-corrected chi connectivity index (χ1v) is 7.96. The minimum absolute atomic E-state index is 0.153. The maximum absolute atomic E-state index is 12.7. The summed E-state index contributed by atoms with van der Waals surface area (Å²) in [6, 6.07) is 9.81. The highest BCUT2D eigenvalue weighted by Gasteiger charge is 2.33. The van der Waals surface area contributed by atoms with Crippen LogP contribution in [0.3, 0.4) is 0 Å². The third-order valence-corrected chi connectivity index (χ3v) is 3.76. The Labute approximate surface area is 160 Å². The first-order chi connectivity index (χ1) is 13.6. The normalized spacial score (nSPS) is 11.3. The second-order valence-electron chi connectivity index (χ2n) is 5.76. The molecular formula is C18H11F3N2O6. The molecule has 1 aromatic heterocycles. The van der Waals surface area contributed by atoms with Crippen molar-refractivity contribution in [3.63, 3.8) is 0 Å². The molecular weight excluding hydrogens is 397 g/mol. The lowest BCUT2D eigenvalue weighted by atomic mass is 10.1. The Balaban J connectivity index is 1.67. The van der Waals surface area contributed by atoms with Crippen LogP contribution in [0.25, 0.3) is 11.0 Å². The van der Waals surface area contributed by atoms with Gasteiger partial charge in [-0.25, -0.2) is 4.79 Å². The Morgan fingerprint density at radius 1 is 1.14 bits per heavy atom. The highest BCUT2D eigenvalue weighted by atomic mass is 19.4. The number of para-hydroxylation sites is 1. The molecule has 0 aliphatic rings. The van der Waals surface area contributed by atoms with Crippen LogP contribution < -0.4 is 5.32 Å². The monoisotopic (exact) mass is 408 g/mol. The molecule has 1 N–H and O–H groups in total. The van der Waals surface area contributed by atoms with Crippen LogP contribution in [0.4, 0.5) is 24.5 Å². The van der Waals surface area contributed by atoms with E-state index in [0.29, 0.717) is 23.1 Å². The second-order valence-corrected chi connectivity index (χ2v) is 5.76. The zero-order valence-corrected chi connectivity index (χ0v) is 14.4. The number of nitro benzene ring substituents is 1. The van der Waals surface area contributed by atoms with Gasteiger partial charge in [0.2, 0.25) is 5.76 Å². The third kappa shape index (κ3) is 4.51. The number of amides is 1. The van der Waals surface area contributed by atoms with Crippen molar-refractivity contribution >= 4 is 34.2 Å². The maximum Gasteiger partial charge on any atom is 0.416 e. The van der Waals surface area contributed by atoms with E-state index in [9.17, 15) is 32.9 Å². The molecule has 2 aromatic carbocycles. The zero-order valence-electron chi connectivity index (χ0n) is 14.4. The number of nitrogens with one attached hydrogen (secondary N) is 1. The fraction of sp³-hybridized carbons (Fsp3) is 0.111. The van der Waals surface area contributed by atoms with E-state index >= 15 is 0 Å². The number of hydrogen-bond acceptors (Lipinski definition) is 6. The lowest BCUT2D eigenvalue weighted by molar-refractivity contribution is -0.384. The molecule has 8 nitrogen and oxygen atoms in total. The van der Waals surface area contributed by atoms with E-state index < -0.39 is 46.5 Å². The van der Waals surface area contributed by atoms with Crippen LogP contribution >= 0.6 is 0 Å². The predicted octanol–water partition coefficient (Wildman–Crippen LogP) is 4.16. The molecule has 150 valence electrons. The highest BCUT2D eigenvalue weighted by molar-refractivity contribution is 5.97. The van der Waals surface area contributed by atoms with Gasteiger partial charge in [0.05, 0.1) is 10.5 Å². The summed E-state index contributed by atoms with van der Waals surface area (Å²) in [6.07, 6.45) is -4.78. The summed E-state index contributed by atoms with van der Waals surface area (Å²) in [4.78, 5) is 33.8. The van der Waals surface area contributed by atoms with E-state index in [4.69, 9.17) is 9.15 Å². The SMILES string of the molecule is O=C(COC(=O)c1cc2ccccc2o1)Nc1ccc(C(F)(F)F)cc1[N+](=O)[O-]. The number of fused-ring (bicyclic) bond motifs is 1. The molecule has 29 heavy (non-hydrogen) atoms. The van der Waals surface area contributed by atoms with Gasteiger partial charge in [-0.15, -0.1) is 0 Å². The van der Waals surface area contributed by atoms with E-state index in [1.807, 2.05) is 5.32 Å². The van der Waals surface area contributed by atoms with E-state index in [-0.39, 0.29) is 5.76 Å². The van der Waals surface area contributed by atoms with Crippen molar-refractivity contribution in [2.24, 2.45) is 0 Å². The number of esters is 1. The van der Waals surface area contributed by atoms with Crippen LogP contribution in [0.15, 0.2) is 52.9 Å². The first kappa shape index (κ1) is 19.9. The van der Waals surface area contributed by atoms with Crippen molar-refractivity contribution in [3.05, 3.63) is 70.0 Å². The number of alkyl halides is 3. The molecule has 0 fully saturated rings. The molecule has 0 aliphatic carbocycles. The molecule has 3 rings (SSSR count). The maximum atomic E-state index is 12.7. The van der Waals surface area contributed by atoms with Crippen LogP contribution in [-0.2, 0) is 15.7 Å². The van der Waals surface area contributed by atoms with Crippen LogP contribution in [0.5, 0.6) is 0 Å². The predicted molar refractivity (Wildman–Crippen MR) is 93.2 cm³/mol. The third-order valence-electron chi connectivity index (χ3n) is 3.76. The summed E-state index contributed by atoms with van der Waals surface area (Å²) < 4.78 is 48.1. The molecule has 0 saturated carbocycles. The molecule has 0 atom stereocenters. The van der Waals surface area contributed by atoms with Gasteiger partial charge in [-0.05, 0) is 24.3 Å². The number of anilines is 1. The summed E-state index contributed by atoms with van der Waals surface area (Å²) in [5.41, 5.74) is -2.22. The van der Waals surface area contributed by atoms with Crippen molar-refractivity contribution in [1.82, 2.24) is 0 Å². The van der Waals surface area contributed by atoms with E-state index in [1.54, 1.807) is 24.3 Å². The second kappa shape index (κ2) is 7.62. The number of halogens is 3. The first-order valence-electron chi connectivity index (χ1n) is 7.96. The number of ether oxygens (including phenoxy) is 1. The topological polar surface area (TPSA) is 112 Å². The summed E-state index contributed by atoms with van der Waals surface area (Å²) in [5.74, 6) is -2.07. The summed E-state index contributed by atoms with van der Waals surface area (Å²) in [5, 5.41) is 13.7. The lowest BCUT2D eigenvalue weighted by Gasteiger charge is -2.10. The number of nitrogens with zero attached hydrogens (tertiary/aromatic N) is 1. The number of carbonyl (C=O) groups is 2. The van der Waals surface area contributed by atoms with Gasteiger partial charge in [0.25, 0.3) is 11.6 Å². The average Bonchev–Trinajstić information content (AvgIpc) is 3.09. The van der Waals surface area contributed by atoms with Crippen molar-refractivity contribution < 1.29 is 36.8 Å². The minimum atomic E-state index is -4.78. The fourth-order valence-electron chi connectivity index (χ4n) is 2.44. The van der Waals surface area contributed by atoms with Gasteiger partial charge in [-0.3, -0.25) is 14.9 Å².